The molecule has 6 saturated heterocycles. The predicted octanol–water partition coefficient (Wildman–Crippen LogP) is -3.64. The van der Waals surface area contributed by atoms with Gasteiger partial charge in [0.1, 0.15) is 94.2 Å². The molecule has 4 aromatic rings. The molecule has 1 aromatic carbocycles. The molecule has 0 unspecified atom stereocenters. The van der Waals surface area contributed by atoms with Gasteiger partial charge < -0.3 is 161 Å². The molecular weight excluding hydrogens is 1730 g/mol. The van der Waals surface area contributed by atoms with E-state index in [2.05, 4.69) is 57.5 Å². The molecular formula is C84H136N14O33. The number of hydrogen-bond donors (Lipinski definition) is 11. The zero-order valence-corrected chi connectivity index (χ0v) is 75.4. The van der Waals surface area contributed by atoms with Gasteiger partial charge in [-0.1, -0.05) is 58.8 Å². The van der Waals surface area contributed by atoms with E-state index in [4.69, 9.17) is 104 Å². The number of carbonyl (C=O) groups excluding carboxylic acids is 5. The molecule has 6 aliphatic rings. The molecule has 6 bridgehead atoms. The van der Waals surface area contributed by atoms with Gasteiger partial charge in [0.2, 0.25) is 29.5 Å². The molecule has 16 atom stereocenters. The largest absolute Gasteiger partial charge is 0.388 e. The summed E-state index contributed by atoms with van der Waals surface area (Å²) in [7, 11) is 0. The lowest BCUT2D eigenvalue weighted by Crippen LogP contribution is -2.68. The summed E-state index contributed by atoms with van der Waals surface area (Å²) in [5.74, 6) is -1.49. The van der Waals surface area contributed by atoms with Crippen molar-refractivity contribution < 1.29 is 159 Å². The molecule has 9 heterocycles. The molecule has 3 aromatic heterocycles. The minimum atomic E-state index is -1.37. The van der Waals surface area contributed by atoms with E-state index >= 15 is 0 Å². The summed E-state index contributed by atoms with van der Waals surface area (Å²) >= 11 is 0. The number of aromatic nitrogens is 9. The number of hydrogen-bond acceptors (Lipinski definition) is 39. The van der Waals surface area contributed by atoms with Crippen LogP contribution in [0, 0.1) is 0 Å². The molecule has 0 radical (unpaired) electrons. The van der Waals surface area contributed by atoms with Crippen molar-refractivity contribution in [3.63, 3.8) is 0 Å². The van der Waals surface area contributed by atoms with Crippen LogP contribution in [0.25, 0.3) is 0 Å². The summed E-state index contributed by atoms with van der Waals surface area (Å²) in [6, 6.07) is 7.24. The Morgan fingerprint density at radius 1 is 0.420 bits per heavy atom. The normalized spacial score (nSPS) is 25.6. The topological polar surface area (TPSA) is 562 Å². The number of carbonyl (C=O) groups is 5. The summed E-state index contributed by atoms with van der Waals surface area (Å²) in [4.78, 5) is 61.9. The molecule has 0 spiro atoms. The maximum Gasteiger partial charge on any atom is 0.220 e. The van der Waals surface area contributed by atoms with Crippen LogP contribution in [0.3, 0.4) is 0 Å². The molecule has 5 amide bonds. The first-order valence-electron chi connectivity index (χ1n) is 44.9. The molecule has 10 rings (SSSR count). The van der Waals surface area contributed by atoms with Crippen LogP contribution in [0.4, 0.5) is 0 Å². The first-order chi connectivity index (χ1) is 63.6. The Bertz CT molecular complexity index is 3780. The van der Waals surface area contributed by atoms with Crippen LogP contribution in [-0.4, -0.2) is 412 Å². The van der Waals surface area contributed by atoms with Crippen LogP contribution in [0.15, 0.2) is 48.9 Å². The number of nitrogens with one attached hydrogen (secondary N) is 5. The number of ether oxygens (including phenoxy) is 22. The van der Waals surface area contributed by atoms with E-state index in [0.29, 0.717) is 161 Å². The maximum absolute atomic E-state index is 14.3. The predicted molar refractivity (Wildman–Crippen MR) is 450 cm³/mol. The highest BCUT2D eigenvalue weighted by Crippen LogP contribution is 2.42. The zero-order valence-electron chi connectivity index (χ0n) is 75.4. The molecule has 0 saturated carbocycles. The van der Waals surface area contributed by atoms with Crippen LogP contribution in [0.2, 0.25) is 0 Å². The van der Waals surface area contributed by atoms with E-state index in [1.54, 1.807) is 39.6 Å². The molecule has 131 heavy (non-hydrogen) atoms. The second kappa shape index (κ2) is 57.0. The van der Waals surface area contributed by atoms with Crippen molar-refractivity contribution in [1.82, 2.24) is 71.6 Å². The first kappa shape index (κ1) is 106. The van der Waals surface area contributed by atoms with Gasteiger partial charge in [-0.25, -0.2) is 14.0 Å². The number of amides is 5. The number of rotatable bonds is 72. The van der Waals surface area contributed by atoms with Crippen molar-refractivity contribution >= 4 is 29.5 Å². The minimum absolute atomic E-state index is 0.0160. The fraction of sp³-hybridized carbons (Fsp3) is 0.798. The van der Waals surface area contributed by atoms with Gasteiger partial charge in [-0.15, -0.1) is 15.3 Å². The molecule has 6 aliphatic heterocycles. The van der Waals surface area contributed by atoms with Gasteiger partial charge in [-0.3, -0.25) is 24.0 Å². The number of aliphatic hydroxyl groups is 6. The van der Waals surface area contributed by atoms with Gasteiger partial charge in [-0.2, -0.15) is 0 Å². The minimum Gasteiger partial charge on any atom is -0.388 e. The van der Waals surface area contributed by atoms with E-state index in [1.165, 1.54) is 20.8 Å². The summed E-state index contributed by atoms with van der Waals surface area (Å²) in [6.07, 6.45) is -1.38. The molecule has 47 nitrogen and oxygen atoms in total. The Labute approximate surface area is 760 Å². The van der Waals surface area contributed by atoms with Gasteiger partial charge in [-0.05, 0) is 38.2 Å². The standard InChI is InChI=1S/C84H136N14O33/c1-59(84-58-128-80(131-84)71(88-62(4)101)74(106)77(84)109)125-43-42-118-37-36-115-31-28-112-25-21-98-46-66(92-95-98)50-124-53-81(89-68(103)17-10-6-12-18-85-67(102)16-11-7-13-22-119-47-63-14-8-5-9-15-63,51-122-48-64-44-96(93-90-64)19-23-110-26-29-113-32-34-116-38-40-120-54-82-56-126-78(129-82)69(86-60(2)99)72(104)75(82)107)52-123-49-65-45-97(94-91-65)20-24-111-27-30-114-33-35-117-39-41-121-55-83-57-127-79(130-83)70(87-61(3)100)73(105)76(83)108/h5,8-9,14-15,44-46,59,69-80,104-109H,6-7,10-13,16-43,47-58H2,1-4H3,(H,85,102)(H,86,99)(H,87,100)(H,88,101)(H,89,103)/t59-,69-,70-,71-,72-,73-,74-,75-,76-,77-,78+,79+,80-,82+,83+,84-/m1/s1. The van der Waals surface area contributed by atoms with E-state index in [1.807, 2.05) is 30.3 Å². The fourth-order valence-corrected chi connectivity index (χ4v) is 15.2. The third-order valence-corrected chi connectivity index (χ3v) is 22.2. The second-order valence-corrected chi connectivity index (χ2v) is 32.8. The van der Waals surface area contributed by atoms with Crippen molar-refractivity contribution in [1.29, 1.82) is 0 Å². The highest BCUT2D eigenvalue weighted by Gasteiger charge is 2.63. The second-order valence-electron chi connectivity index (χ2n) is 32.8. The van der Waals surface area contributed by atoms with Gasteiger partial charge in [0.15, 0.2) is 18.9 Å². The van der Waals surface area contributed by atoms with E-state index in [-0.39, 0.29) is 150 Å². The van der Waals surface area contributed by atoms with Crippen molar-refractivity contribution in [3.05, 3.63) is 71.6 Å². The number of aliphatic hydroxyl groups excluding tert-OH is 6. The lowest BCUT2D eigenvalue weighted by atomic mass is 9.84. The van der Waals surface area contributed by atoms with Crippen molar-refractivity contribution in [2.24, 2.45) is 0 Å². The Hall–Kier alpha value is -7.13. The highest BCUT2D eigenvalue weighted by molar-refractivity contribution is 5.77. The summed E-state index contributed by atoms with van der Waals surface area (Å²) in [5.41, 5.74) is -2.59. The molecule has 6 fully saturated rings. The van der Waals surface area contributed by atoms with Crippen LogP contribution in [0.1, 0.15) is 102 Å². The lowest BCUT2D eigenvalue weighted by molar-refractivity contribution is -0.254. The number of fused-ring (bicyclic) bond motifs is 6. The number of unbranched alkanes of at least 4 members (excludes halogenated alkanes) is 4. The summed E-state index contributed by atoms with van der Waals surface area (Å²) in [6.45, 7) is 13.4. The molecule has 740 valence electrons. The SMILES string of the molecule is CC(=O)N[C@H]1[C@H]2OC[C@](COCCOCCOCCOCCn3cc(COCC(COCc4cn(CCOCCOCCOCCOC[C@@]56CO[C@@H](O5)[C@H](NC(C)=O)[C@@H](O)[C@H]6O)nn4)(COCc4cn(CCOCCOCCOCCO[C@H](C)[C@@]56CO[C@H](O5)[C@H](NC(C)=O)[C@@H](O)[C@H]6O)nn4)NC(=O)CCCCCNC(=O)CCCCCOCc4ccccc4)nn3)(O2)[C@H](O)[C@@H]1O. The van der Waals surface area contributed by atoms with E-state index in [0.717, 1.165) is 24.8 Å². The monoisotopic (exact) mass is 1870 g/mol. The third-order valence-electron chi connectivity index (χ3n) is 22.2. The van der Waals surface area contributed by atoms with Crippen molar-refractivity contribution in [3.8, 4) is 0 Å². The molecule has 0 aliphatic carbocycles. The number of benzene rings is 1. The molecule has 11 N–H and O–H groups in total. The summed E-state index contributed by atoms with van der Waals surface area (Å²) < 4.78 is 133. The quantitative estimate of drug-likeness (QED) is 0.0190. The van der Waals surface area contributed by atoms with Gasteiger partial charge >= 0.3 is 0 Å². The van der Waals surface area contributed by atoms with Crippen LogP contribution >= 0.6 is 0 Å². The zero-order chi connectivity index (χ0) is 93.0. The average Bonchev–Trinajstić information content (AvgIpc) is 1.58. The fourth-order valence-electron chi connectivity index (χ4n) is 15.2. The third kappa shape index (κ3) is 34.9. The Kier molecular flexibility index (Phi) is 46.1. The van der Waals surface area contributed by atoms with Crippen molar-refractivity contribution in [2.75, 3.05) is 205 Å². The van der Waals surface area contributed by atoms with Crippen LogP contribution in [0.5, 0.6) is 0 Å². The van der Waals surface area contributed by atoms with Gasteiger partial charge in [0.05, 0.1) is 262 Å². The maximum atomic E-state index is 14.3. The Morgan fingerprint density at radius 3 is 1.22 bits per heavy atom. The Morgan fingerprint density at radius 2 is 0.794 bits per heavy atom. The van der Waals surface area contributed by atoms with E-state index in [9.17, 15) is 54.6 Å². The van der Waals surface area contributed by atoms with Crippen molar-refractivity contribution in [2.45, 2.75) is 227 Å². The smallest absolute Gasteiger partial charge is 0.220 e. The highest BCUT2D eigenvalue weighted by atomic mass is 16.8. The van der Waals surface area contributed by atoms with Gasteiger partial charge in [0, 0.05) is 46.8 Å². The Balaban J connectivity index is 0.654. The van der Waals surface area contributed by atoms with Gasteiger partial charge in [0.25, 0.3) is 0 Å². The first-order valence-corrected chi connectivity index (χ1v) is 44.9. The lowest BCUT2D eigenvalue weighted by Gasteiger charge is -2.45. The van der Waals surface area contributed by atoms with E-state index < -0.39 is 120 Å². The number of nitrogens with zero attached hydrogens (tertiary/aromatic N) is 9. The van der Waals surface area contributed by atoms with Crippen LogP contribution < -0.4 is 26.6 Å². The molecule has 47 heteroatoms. The van der Waals surface area contributed by atoms with Crippen LogP contribution in [-0.2, 0) is 174 Å². The summed E-state index contributed by atoms with van der Waals surface area (Å²) in [5, 5.41) is 104. The average molecular weight is 1870 g/mol.